The zero-order valence-corrected chi connectivity index (χ0v) is 5.94. The third-order valence-electron chi connectivity index (χ3n) is 1.37. The van der Waals surface area contributed by atoms with Crippen molar-refractivity contribution in [3.63, 3.8) is 0 Å². The van der Waals surface area contributed by atoms with Crippen molar-refractivity contribution >= 4 is 12.7 Å². The molecule has 0 atom stereocenters. The normalized spacial score (nSPS) is 9.73. The van der Waals surface area contributed by atoms with Gasteiger partial charge < -0.3 is 5.11 Å². The first-order valence-corrected chi connectivity index (χ1v) is 3.12. The molecule has 1 N–H and O–H groups in total. The maximum Gasteiger partial charge on any atom is 0.187 e. The van der Waals surface area contributed by atoms with Crippen molar-refractivity contribution in [2.75, 3.05) is 0 Å². The number of phenolic OH excluding ortho intramolecular Hbond substituents is 1. The predicted molar refractivity (Wildman–Crippen MR) is 39.3 cm³/mol. The van der Waals surface area contributed by atoms with Crippen molar-refractivity contribution in [2.24, 2.45) is 0 Å². The number of hydrogen-bond donors (Lipinski definition) is 1. The van der Waals surface area contributed by atoms with E-state index in [1.807, 2.05) is 0 Å². The van der Waals surface area contributed by atoms with E-state index in [0.29, 0.717) is 5.46 Å². The fourth-order valence-corrected chi connectivity index (χ4v) is 0.752. The van der Waals surface area contributed by atoms with Crippen molar-refractivity contribution < 1.29 is 13.9 Å². The molecule has 0 spiro atoms. The number of rotatable bonds is 1. The standard InChI is InChI=1S/C7H6BF2O/c1-8-4-2-5(9)7(11)6(10)3-4/h2-3,11H,1H3. The van der Waals surface area contributed by atoms with E-state index in [1.165, 1.54) is 0 Å². The minimum Gasteiger partial charge on any atom is -0.503 e. The van der Waals surface area contributed by atoms with Gasteiger partial charge in [-0.2, -0.15) is 0 Å². The minimum atomic E-state index is -0.932. The van der Waals surface area contributed by atoms with E-state index in [1.54, 1.807) is 14.1 Å². The Morgan fingerprint density at radius 3 is 2.09 bits per heavy atom. The van der Waals surface area contributed by atoms with Crippen LogP contribution in [0.3, 0.4) is 0 Å². The Kier molecular flexibility index (Phi) is 2.12. The van der Waals surface area contributed by atoms with Crippen LogP contribution in [0.2, 0.25) is 6.82 Å². The Labute approximate surface area is 63.9 Å². The summed E-state index contributed by atoms with van der Waals surface area (Å²) < 4.78 is 25.0. The molecule has 0 aliphatic carbocycles. The third-order valence-corrected chi connectivity index (χ3v) is 1.37. The van der Waals surface area contributed by atoms with E-state index >= 15 is 0 Å². The van der Waals surface area contributed by atoms with E-state index in [9.17, 15) is 8.78 Å². The van der Waals surface area contributed by atoms with Crippen LogP contribution in [-0.4, -0.2) is 12.4 Å². The summed E-state index contributed by atoms with van der Waals surface area (Å²) in [6.07, 6.45) is 0. The second-order valence-corrected chi connectivity index (χ2v) is 2.12. The highest BCUT2D eigenvalue weighted by atomic mass is 19.1. The highest BCUT2D eigenvalue weighted by Crippen LogP contribution is 2.16. The molecule has 0 heterocycles. The molecule has 1 rings (SSSR count). The molecule has 1 nitrogen and oxygen atoms in total. The van der Waals surface area contributed by atoms with Gasteiger partial charge in [0, 0.05) is 0 Å². The maximum absolute atomic E-state index is 12.5. The lowest BCUT2D eigenvalue weighted by atomic mass is 9.73. The molecule has 0 saturated carbocycles. The highest BCUT2D eigenvalue weighted by molar-refractivity contribution is 6.51. The smallest absolute Gasteiger partial charge is 0.187 e. The molecule has 0 bridgehead atoms. The lowest BCUT2D eigenvalue weighted by Crippen LogP contribution is -2.11. The molecule has 0 amide bonds. The van der Waals surface area contributed by atoms with Crippen LogP contribution < -0.4 is 5.46 Å². The zero-order chi connectivity index (χ0) is 8.43. The number of hydrogen-bond acceptors (Lipinski definition) is 1. The fraction of sp³-hybridized carbons (Fsp3) is 0.143. The van der Waals surface area contributed by atoms with Crippen LogP contribution in [0.15, 0.2) is 12.1 Å². The van der Waals surface area contributed by atoms with Gasteiger partial charge in [0.1, 0.15) is 7.28 Å². The average molecular weight is 155 g/mol. The van der Waals surface area contributed by atoms with Gasteiger partial charge in [0.05, 0.1) is 0 Å². The molecule has 1 radical (unpaired) electrons. The van der Waals surface area contributed by atoms with Gasteiger partial charge in [0.15, 0.2) is 17.4 Å². The molecule has 0 aliphatic rings. The third kappa shape index (κ3) is 1.50. The largest absolute Gasteiger partial charge is 0.503 e. The molecule has 11 heavy (non-hydrogen) atoms. The number of phenols is 1. The molecule has 0 saturated heterocycles. The van der Waals surface area contributed by atoms with Crippen molar-refractivity contribution in [3.05, 3.63) is 23.8 Å². The summed E-state index contributed by atoms with van der Waals surface area (Å²) in [4.78, 5) is 0. The maximum atomic E-state index is 12.5. The fourth-order valence-electron chi connectivity index (χ4n) is 0.752. The summed E-state index contributed by atoms with van der Waals surface area (Å²) in [6, 6.07) is 2.14. The number of benzene rings is 1. The molecule has 4 heteroatoms. The number of halogens is 2. The Morgan fingerprint density at radius 2 is 1.73 bits per heavy atom. The SMILES string of the molecule is C[B]c1cc(F)c(O)c(F)c1. The van der Waals surface area contributed by atoms with Gasteiger partial charge in [-0.05, 0) is 12.1 Å². The van der Waals surface area contributed by atoms with Gasteiger partial charge in [0.25, 0.3) is 0 Å². The highest BCUT2D eigenvalue weighted by Gasteiger charge is 2.07. The van der Waals surface area contributed by atoms with Crippen molar-refractivity contribution in [2.45, 2.75) is 6.82 Å². The Morgan fingerprint density at radius 1 is 1.27 bits per heavy atom. The molecule has 0 aliphatic heterocycles. The first kappa shape index (κ1) is 8.05. The second-order valence-electron chi connectivity index (χ2n) is 2.12. The molecule has 0 fully saturated rings. The second kappa shape index (κ2) is 2.90. The Balaban J connectivity index is 3.21. The van der Waals surface area contributed by atoms with E-state index < -0.39 is 17.4 Å². The quantitative estimate of drug-likeness (QED) is 0.600. The van der Waals surface area contributed by atoms with Gasteiger partial charge in [-0.25, -0.2) is 8.78 Å². The summed E-state index contributed by atoms with van der Waals surface area (Å²) in [7, 11) is 1.55. The molecule has 1 aromatic carbocycles. The van der Waals surface area contributed by atoms with Crippen LogP contribution in [0.5, 0.6) is 5.75 Å². The predicted octanol–water partition coefficient (Wildman–Crippen LogP) is 1.05. The van der Waals surface area contributed by atoms with Gasteiger partial charge in [-0.1, -0.05) is 12.3 Å². The summed E-state index contributed by atoms with van der Waals surface area (Å²) in [5, 5.41) is 8.66. The van der Waals surface area contributed by atoms with Gasteiger partial charge in [-0.3, -0.25) is 0 Å². The Hall–Kier alpha value is -1.06. The molecule has 1 aromatic rings. The van der Waals surface area contributed by atoms with E-state index in [2.05, 4.69) is 0 Å². The lowest BCUT2D eigenvalue weighted by Gasteiger charge is -1.99. The van der Waals surface area contributed by atoms with Gasteiger partial charge in [-0.15, -0.1) is 0 Å². The monoisotopic (exact) mass is 155 g/mol. The van der Waals surface area contributed by atoms with Crippen LogP contribution in [-0.2, 0) is 0 Å². The van der Waals surface area contributed by atoms with E-state index in [4.69, 9.17) is 5.11 Å². The molecule has 0 unspecified atom stereocenters. The summed E-state index contributed by atoms with van der Waals surface area (Å²) in [6.45, 7) is 1.66. The molecule has 57 valence electrons. The van der Waals surface area contributed by atoms with Crippen LogP contribution >= 0.6 is 0 Å². The van der Waals surface area contributed by atoms with Gasteiger partial charge >= 0.3 is 0 Å². The van der Waals surface area contributed by atoms with Crippen molar-refractivity contribution in [1.82, 2.24) is 0 Å². The van der Waals surface area contributed by atoms with E-state index in [-0.39, 0.29) is 0 Å². The van der Waals surface area contributed by atoms with E-state index in [0.717, 1.165) is 12.1 Å². The summed E-state index contributed by atoms with van der Waals surface area (Å²) in [5.41, 5.74) is 0.415. The Bertz CT molecular complexity index is 252. The number of aromatic hydroxyl groups is 1. The molecule has 0 aromatic heterocycles. The topological polar surface area (TPSA) is 20.2 Å². The first-order chi connectivity index (χ1) is 5.15. The average Bonchev–Trinajstić information content (AvgIpc) is 1.99. The van der Waals surface area contributed by atoms with Crippen molar-refractivity contribution in [3.8, 4) is 5.75 Å². The van der Waals surface area contributed by atoms with Crippen LogP contribution in [0.25, 0.3) is 0 Å². The first-order valence-electron chi connectivity index (χ1n) is 3.12. The lowest BCUT2D eigenvalue weighted by molar-refractivity contribution is 0.397. The van der Waals surface area contributed by atoms with Crippen LogP contribution in [0.1, 0.15) is 0 Å². The zero-order valence-electron chi connectivity index (χ0n) is 5.94. The van der Waals surface area contributed by atoms with Gasteiger partial charge in [0.2, 0.25) is 0 Å². The molecular formula is C7H6BF2O. The van der Waals surface area contributed by atoms with Crippen LogP contribution in [0.4, 0.5) is 8.78 Å². The minimum absolute atomic E-state index is 0.415. The summed E-state index contributed by atoms with van der Waals surface area (Å²) >= 11 is 0. The summed E-state index contributed by atoms with van der Waals surface area (Å²) in [5.74, 6) is -2.79. The molecular weight excluding hydrogens is 149 g/mol. The van der Waals surface area contributed by atoms with Crippen molar-refractivity contribution in [1.29, 1.82) is 0 Å². The van der Waals surface area contributed by atoms with Crippen LogP contribution in [0, 0.1) is 11.6 Å².